The van der Waals surface area contributed by atoms with Gasteiger partial charge in [-0.2, -0.15) is 26.3 Å². The molecule has 254 valence electrons. The van der Waals surface area contributed by atoms with Gasteiger partial charge in [-0.25, -0.2) is 0 Å². The topological polar surface area (TPSA) is 0 Å². The van der Waals surface area contributed by atoms with Crippen molar-refractivity contribution in [1.29, 1.82) is 0 Å². The molecule has 51 heavy (non-hydrogen) atoms. The highest BCUT2D eigenvalue weighted by atomic mass is 32.2. The Bertz CT molecular complexity index is 2540. The number of thiophene rings is 1. The van der Waals surface area contributed by atoms with Crippen LogP contribution in [0.4, 0.5) is 26.3 Å². The molecule has 0 aliphatic heterocycles. The lowest BCUT2D eigenvalue weighted by Crippen LogP contribution is -2.49. The maximum Gasteiger partial charge on any atom is 0.380 e. The van der Waals surface area contributed by atoms with Crippen LogP contribution in [0.25, 0.3) is 64.0 Å². The summed E-state index contributed by atoms with van der Waals surface area (Å²) in [6, 6.07) is 35.6. The largest absolute Gasteiger partial charge is 0.380 e. The fourth-order valence-electron chi connectivity index (χ4n) is 7.37. The first-order chi connectivity index (χ1) is 24.4. The van der Waals surface area contributed by atoms with Crippen LogP contribution in [0.5, 0.6) is 0 Å². The molecule has 0 radical (unpaired) electrons. The minimum absolute atomic E-state index is 0.213. The Morgan fingerprint density at radius 2 is 1.10 bits per heavy atom. The van der Waals surface area contributed by atoms with Crippen molar-refractivity contribution in [2.75, 3.05) is 6.26 Å². The second-order valence-electron chi connectivity index (χ2n) is 12.7. The quantitative estimate of drug-likeness (QED) is 0.0936. The molecular weight excluding hydrogens is 695 g/mol. The van der Waals surface area contributed by atoms with Crippen molar-refractivity contribution >= 4 is 76.7 Å². The van der Waals surface area contributed by atoms with Crippen LogP contribution in [0.1, 0.15) is 16.0 Å². The third-order valence-corrected chi connectivity index (χ3v) is 11.6. The van der Waals surface area contributed by atoms with Gasteiger partial charge in [-0.15, -0.1) is 23.1 Å². The number of thioether (sulfide) groups is 1. The molecule has 0 bridgehead atoms. The van der Waals surface area contributed by atoms with E-state index in [1.54, 1.807) is 6.26 Å². The van der Waals surface area contributed by atoms with E-state index in [1.165, 1.54) is 30.8 Å². The van der Waals surface area contributed by atoms with Crippen LogP contribution in [-0.4, -0.2) is 24.0 Å². The number of benzene rings is 6. The lowest BCUT2D eigenvalue weighted by Gasteiger charge is -2.26. The van der Waals surface area contributed by atoms with Gasteiger partial charge in [-0.05, 0) is 91.7 Å². The highest BCUT2D eigenvalue weighted by Crippen LogP contribution is 2.64. The first-order valence-corrected chi connectivity index (χ1v) is 18.2. The lowest BCUT2D eigenvalue weighted by molar-refractivity contribution is -0.259. The van der Waals surface area contributed by atoms with E-state index < -0.39 is 34.5 Å². The molecule has 1 aliphatic rings. The molecule has 8 heteroatoms. The number of aryl methyl sites for hydroxylation is 1. The molecule has 1 heterocycles. The predicted octanol–water partition coefficient (Wildman–Crippen LogP) is 14.0. The summed E-state index contributed by atoms with van der Waals surface area (Å²) in [5.41, 5.74) is -2.40. The van der Waals surface area contributed by atoms with Crippen LogP contribution in [0.3, 0.4) is 0 Å². The number of hydrogen-bond acceptors (Lipinski definition) is 2. The summed E-state index contributed by atoms with van der Waals surface area (Å²) >= 11 is 2.31. The molecule has 0 nitrogen and oxygen atoms in total. The third-order valence-electron chi connectivity index (χ3n) is 9.74. The predicted molar refractivity (Wildman–Crippen MR) is 203 cm³/mol. The highest BCUT2D eigenvalue weighted by molar-refractivity contribution is 8.07. The molecule has 0 amide bonds. The summed E-state index contributed by atoms with van der Waals surface area (Å²) in [6.07, 6.45) is 2.98. The molecule has 0 saturated carbocycles. The van der Waals surface area contributed by atoms with Gasteiger partial charge in [-0.1, -0.05) is 104 Å². The number of rotatable bonds is 6. The number of hydrogen-bond donors (Lipinski definition) is 0. The monoisotopic (exact) mass is 722 g/mol. The molecule has 7 aromatic rings. The summed E-state index contributed by atoms with van der Waals surface area (Å²) in [5.74, 6) is -16.1. The summed E-state index contributed by atoms with van der Waals surface area (Å²) in [4.78, 5) is 1.15. The van der Waals surface area contributed by atoms with Gasteiger partial charge in [0.2, 0.25) is 0 Å². The van der Waals surface area contributed by atoms with Crippen LogP contribution in [-0.2, 0) is 0 Å². The number of alkyl halides is 6. The molecule has 0 spiro atoms. The molecule has 8 rings (SSSR count). The van der Waals surface area contributed by atoms with Gasteiger partial charge in [0.05, 0.1) is 0 Å². The summed E-state index contributed by atoms with van der Waals surface area (Å²) in [7, 11) is 0. The second-order valence-corrected chi connectivity index (χ2v) is 14.8. The normalized spacial score (nSPS) is 16.9. The molecule has 0 saturated heterocycles. The minimum Gasteiger partial charge on any atom is -0.194 e. The first kappa shape index (κ1) is 33.4. The SMILES string of the molecule is C=C(/C=C(\SC)c1c2ccccc2cc2ccccc12)C1=C(c2cc(-c3c4ccccc4cc4ccccc34)sc2C)C(F)(F)C(F)(F)C1(F)F. The van der Waals surface area contributed by atoms with Crippen molar-refractivity contribution in [2.45, 2.75) is 24.7 Å². The van der Waals surface area contributed by atoms with Crippen molar-refractivity contribution < 1.29 is 26.3 Å². The van der Waals surface area contributed by atoms with Gasteiger partial charge in [0, 0.05) is 36.9 Å². The molecule has 6 aromatic carbocycles. The van der Waals surface area contributed by atoms with Crippen molar-refractivity contribution in [2.24, 2.45) is 0 Å². The Morgan fingerprint density at radius 1 is 0.647 bits per heavy atom. The molecule has 0 fully saturated rings. The average molecular weight is 723 g/mol. The molecule has 0 N–H and O–H groups in total. The Labute approximate surface area is 298 Å². The maximum atomic E-state index is 16.1. The number of fused-ring (bicyclic) bond motifs is 4. The number of halogens is 6. The van der Waals surface area contributed by atoms with Crippen molar-refractivity contribution in [3.63, 3.8) is 0 Å². The van der Waals surface area contributed by atoms with E-state index in [0.29, 0.717) is 15.3 Å². The molecule has 1 aromatic heterocycles. The zero-order chi connectivity index (χ0) is 35.9. The first-order valence-electron chi connectivity index (χ1n) is 16.1. The van der Waals surface area contributed by atoms with Crippen LogP contribution >= 0.6 is 23.1 Å². The molecular formula is C43H28F6S2. The van der Waals surface area contributed by atoms with E-state index in [-0.39, 0.29) is 10.4 Å². The van der Waals surface area contributed by atoms with Gasteiger partial charge in [0.25, 0.3) is 0 Å². The van der Waals surface area contributed by atoms with E-state index in [4.69, 9.17) is 0 Å². The fraction of sp³-hybridized carbons (Fsp3) is 0.116. The van der Waals surface area contributed by atoms with Crippen molar-refractivity contribution in [1.82, 2.24) is 0 Å². The van der Waals surface area contributed by atoms with Crippen molar-refractivity contribution in [3.8, 4) is 10.4 Å². The standard InChI is InChI=1S/C43H28F6S2/c1-24(20-35(50-3)37-30-16-8-4-12-26(30)21-27-13-5-9-17-31(27)37)39-40(42(46,47)43(48,49)41(39,44)45)34-23-36(51-25(34)2)38-32-18-10-6-14-28(32)22-29-15-7-11-19-33(29)38/h4-23H,1H2,2-3H3/b35-20-. The minimum atomic E-state index is -5.70. The van der Waals surface area contributed by atoms with E-state index >= 15 is 26.3 Å². The zero-order valence-electron chi connectivity index (χ0n) is 27.3. The smallest absolute Gasteiger partial charge is 0.194 e. The van der Waals surface area contributed by atoms with Crippen LogP contribution in [0.2, 0.25) is 0 Å². The number of allylic oxidation sites excluding steroid dienone is 4. The summed E-state index contributed by atoms with van der Waals surface area (Å²) in [5, 5.41) is 6.80. The van der Waals surface area contributed by atoms with Gasteiger partial charge in [0.15, 0.2) is 0 Å². The molecule has 0 atom stereocenters. The molecule has 0 unspecified atom stereocenters. The third kappa shape index (κ3) is 4.90. The second kappa shape index (κ2) is 11.9. The Kier molecular flexibility index (Phi) is 7.78. The van der Waals surface area contributed by atoms with E-state index in [1.807, 2.05) is 109 Å². The maximum absolute atomic E-state index is 16.1. The Morgan fingerprint density at radius 3 is 1.59 bits per heavy atom. The highest BCUT2D eigenvalue weighted by Gasteiger charge is 2.80. The summed E-state index contributed by atoms with van der Waals surface area (Å²) < 4.78 is 95.2. The average Bonchev–Trinajstić information content (AvgIpc) is 3.54. The van der Waals surface area contributed by atoms with Crippen LogP contribution in [0.15, 0.2) is 139 Å². The molecule has 1 aliphatic carbocycles. The Balaban J connectivity index is 1.38. The van der Waals surface area contributed by atoms with Crippen LogP contribution < -0.4 is 0 Å². The van der Waals surface area contributed by atoms with Gasteiger partial charge in [0.1, 0.15) is 0 Å². The van der Waals surface area contributed by atoms with Crippen molar-refractivity contribution in [3.05, 3.63) is 155 Å². The van der Waals surface area contributed by atoms with Gasteiger partial charge >= 0.3 is 17.8 Å². The van der Waals surface area contributed by atoms with E-state index in [0.717, 1.165) is 60.0 Å². The fourth-order valence-corrected chi connectivity index (χ4v) is 9.15. The Hall–Kier alpha value is -4.79. The van der Waals surface area contributed by atoms with Crippen LogP contribution in [0, 0.1) is 6.92 Å². The van der Waals surface area contributed by atoms with E-state index in [9.17, 15) is 0 Å². The lowest BCUT2D eigenvalue weighted by atomic mass is 9.92. The van der Waals surface area contributed by atoms with Gasteiger partial charge < -0.3 is 0 Å². The summed E-state index contributed by atoms with van der Waals surface area (Å²) in [6.45, 7) is 5.30. The van der Waals surface area contributed by atoms with Gasteiger partial charge in [-0.3, -0.25) is 0 Å². The zero-order valence-corrected chi connectivity index (χ0v) is 29.0. The van der Waals surface area contributed by atoms with E-state index in [2.05, 4.69) is 6.58 Å².